The van der Waals surface area contributed by atoms with Gasteiger partial charge in [0.25, 0.3) is 5.69 Å². The van der Waals surface area contributed by atoms with Crippen molar-refractivity contribution in [2.75, 3.05) is 0 Å². The van der Waals surface area contributed by atoms with Crippen molar-refractivity contribution >= 4 is 23.5 Å². The van der Waals surface area contributed by atoms with Gasteiger partial charge in [-0.05, 0) is 35.9 Å². The topological polar surface area (TPSA) is 109 Å². The Kier molecular flexibility index (Phi) is 4.58. The van der Waals surface area contributed by atoms with Crippen LogP contribution in [0.1, 0.15) is 26.3 Å². The van der Waals surface area contributed by atoms with Gasteiger partial charge in [-0.1, -0.05) is 12.1 Å². The van der Waals surface area contributed by atoms with Crippen LogP contribution in [0.3, 0.4) is 0 Å². The Morgan fingerprint density at radius 3 is 2.76 bits per heavy atom. The first-order valence-corrected chi connectivity index (χ1v) is 8.46. The summed E-state index contributed by atoms with van der Waals surface area (Å²) in [5.41, 5.74) is 0.963. The molecular weight excluding hydrogens is 376 g/mol. The summed E-state index contributed by atoms with van der Waals surface area (Å²) < 4.78 is 10.9. The average molecular weight is 388 g/mol. The molecule has 0 N–H and O–H groups in total. The second kappa shape index (κ2) is 7.35. The average Bonchev–Trinajstić information content (AvgIpc) is 3.03. The Bertz CT molecular complexity index is 1170. The molecule has 0 amide bonds. The van der Waals surface area contributed by atoms with Gasteiger partial charge in [-0.3, -0.25) is 19.9 Å². The molecule has 4 rings (SSSR count). The quantitative estimate of drug-likeness (QED) is 0.220. The summed E-state index contributed by atoms with van der Waals surface area (Å²) in [6.45, 7) is 0. The van der Waals surface area contributed by atoms with E-state index >= 15 is 0 Å². The van der Waals surface area contributed by atoms with Crippen LogP contribution in [0.5, 0.6) is 11.5 Å². The normalized spacial score (nSPS) is 13.7. The van der Waals surface area contributed by atoms with Gasteiger partial charge >= 0.3 is 5.97 Å². The SMILES string of the molecule is O=C(Oc1ccc2c(c1)O/C(=C\c1cccc([N+](=O)[O-])c1)C2=O)c1cccnc1. The third-order valence-electron chi connectivity index (χ3n) is 4.13. The number of hydrogen-bond acceptors (Lipinski definition) is 7. The number of ether oxygens (including phenoxy) is 2. The first-order chi connectivity index (χ1) is 14.0. The number of ketones is 1. The highest BCUT2D eigenvalue weighted by Crippen LogP contribution is 2.35. The maximum Gasteiger partial charge on any atom is 0.345 e. The Morgan fingerprint density at radius 1 is 1.14 bits per heavy atom. The van der Waals surface area contributed by atoms with Crippen LogP contribution in [0.4, 0.5) is 5.69 Å². The van der Waals surface area contributed by atoms with Crippen molar-refractivity contribution in [1.82, 2.24) is 4.98 Å². The maximum absolute atomic E-state index is 12.5. The number of rotatable bonds is 4. The lowest BCUT2D eigenvalue weighted by Gasteiger charge is -2.05. The summed E-state index contributed by atoms with van der Waals surface area (Å²) in [6.07, 6.45) is 4.35. The number of allylic oxidation sites excluding steroid dienone is 1. The molecule has 142 valence electrons. The first-order valence-electron chi connectivity index (χ1n) is 8.46. The lowest BCUT2D eigenvalue weighted by molar-refractivity contribution is -0.384. The van der Waals surface area contributed by atoms with Gasteiger partial charge in [0.2, 0.25) is 5.78 Å². The minimum atomic E-state index is -0.588. The third-order valence-corrected chi connectivity index (χ3v) is 4.13. The maximum atomic E-state index is 12.5. The Balaban J connectivity index is 1.56. The number of hydrogen-bond donors (Lipinski definition) is 0. The number of Topliss-reactive ketones (excluding diaryl/α,β-unsaturated/α-hetero) is 1. The van der Waals surface area contributed by atoms with E-state index in [-0.39, 0.29) is 34.3 Å². The molecule has 29 heavy (non-hydrogen) atoms. The van der Waals surface area contributed by atoms with E-state index in [9.17, 15) is 19.7 Å². The van der Waals surface area contributed by atoms with Gasteiger partial charge in [0.15, 0.2) is 5.76 Å². The lowest BCUT2D eigenvalue weighted by Crippen LogP contribution is -2.08. The molecular formula is C21H12N2O6. The van der Waals surface area contributed by atoms with Gasteiger partial charge in [0.05, 0.1) is 16.1 Å². The fourth-order valence-electron chi connectivity index (χ4n) is 2.76. The number of nitrogens with zero attached hydrogens (tertiary/aromatic N) is 2. The van der Waals surface area contributed by atoms with Crippen molar-refractivity contribution < 1.29 is 24.0 Å². The Morgan fingerprint density at radius 2 is 2.00 bits per heavy atom. The van der Waals surface area contributed by atoms with E-state index in [2.05, 4.69) is 4.98 Å². The van der Waals surface area contributed by atoms with Crippen LogP contribution in [-0.4, -0.2) is 21.7 Å². The van der Waals surface area contributed by atoms with E-state index in [1.807, 2.05) is 0 Å². The van der Waals surface area contributed by atoms with Crippen molar-refractivity contribution in [2.24, 2.45) is 0 Å². The number of carbonyl (C=O) groups excluding carboxylic acids is 2. The van der Waals surface area contributed by atoms with Crippen molar-refractivity contribution in [3.05, 3.63) is 99.6 Å². The molecule has 2 aromatic carbocycles. The molecule has 0 radical (unpaired) electrons. The van der Waals surface area contributed by atoms with Crippen LogP contribution < -0.4 is 9.47 Å². The number of pyridine rings is 1. The highest BCUT2D eigenvalue weighted by Gasteiger charge is 2.28. The number of nitro groups is 1. The van der Waals surface area contributed by atoms with E-state index in [4.69, 9.17) is 9.47 Å². The van der Waals surface area contributed by atoms with Gasteiger partial charge in [-0.15, -0.1) is 0 Å². The zero-order chi connectivity index (χ0) is 20.4. The highest BCUT2D eigenvalue weighted by atomic mass is 16.6. The van der Waals surface area contributed by atoms with E-state index in [1.54, 1.807) is 24.4 Å². The predicted octanol–water partition coefficient (Wildman–Crippen LogP) is 3.83. The molecule has 1 aliphatic heterocycles. The summed E-state index contributed by atoms with van der Waals surface area (Å²) in [5.74, 6) is -0.479. The fraction of sp³-hybridized carbons (Fsp3) is 0. The summed E-state index contributed by atoms with van der Waals surface area (Å²) in [7, 11) is 0. The molecule has 0 saturated carbocycles. The number of non-ortho nitro benzene ring substituents is 1. The number of benzene rings is 2. The molecule has 1 aromatic heterocycles. The third kappa shape index (κ3) is 3.72. The Hall–Kier alpha value is -4.33. The zero-order valence-electron chi connectivity index (χ0n) is 14.8. The van der Waals surface area contributed by atoms with Crippen molar-refractivity contribution in [3.63, 3.8) is 0 Å². The molecule has 0 unspecified atom stereocenters. The molecule has 2 heterocycles. The molecule has 0 bridgehead atoms. The summed E-state index contributed by atoms with van der Waals surface area (Å²) in [4.78, 5) is 38.9. The lowest BCUT2D eigenvalue weighted by atomic mass is 10.1. The molecule has 0 spiro atoms. The smallest absolute Gasteiger partial charge is 0.345 e. The van der Waals surface area contributed by atoms with Crippen LogP contribution in [0.15, 0.2) is 72.8 Å². The zero-order valence-corrected chi connectivity index (χ0v) is 14.8. The van der Waals surface area contributed by atoms with Crippen LogP contribution in [-0.2, 0) is 0 Å². The van der Waals surface area contributed by atoms with E-state index in [0.29, 0.717) is 11.1 Å². The van der Waals surface area contributed by atoms with Crippen LogP contribution in [0.2, 0.25) is 0 Å². The van der Waals surface area contributed by atoms with Crippen molar-refractivity contribution in [1.29, 1.82) is 0 Å². The van der Waals surface area contributed by atoms with Gasteiger partial charge in [-0.25, -0.2) is 4.79 Å². The highest BCUT2D eigenvalue weighted by molar-refractivity contribution is 6.14. The molecule has 3 aromatic rings. The number of aromatic nitrogens is 1. The van der Waals surface area contributed by atoms with Crippen molar-refractivity contribution in [2.45, 2.75) is 0 Å². The Labute approximate surface area is 164 Å². The minimum Gasteiger partial charge on any atom is -0.452 e. The van der Waals surface area contributed by atoms with E-state index in [1.165, 1.54) is 48.7 Å². The van der Waals surface area contributed by atoms with E-state index in [0.717, 1.165) is 0 Å². The molecule has 0 aliphatic carbocycles. The van der Waals surface area contributed by atoms with Crippen LogP contribution in [0.25, 0.3) is 6.08 Å². The minimum absolute atomic E-state index is 0.0243. The first kappa shape index (κ1) is 18.1. The van der Waals surface area contributed by atoms with Gasteiger partial charge in [0, 0.05) is 30.6 Å². The summed E-state index contributed by atoms with van der Waals surface area (Å²) in [5, 5.41) is 10.9. The van der Waals surface area contributed by atoms with E-state index < -0.39 is 10.9 Å². The fourth-order valence-corrected chi connectivity index (χ4v) is 2.76. The van der Waals surface area contributed by atoms with Crippen LogP contribution >= 0.6 is 0 Å². The predicted molar refractivity (Wildman–Crippen MR) is 102 cm³/mol. The summed E-state index contributed by atoms with van der Waals surface area (Å²) in [6, 6.07) is 13.5. The second-order valence-corrected chi connectivity index (χ2v) is 6.08. The van der Waals surface area contributed by atoms with Gasteiger partial charge < -0.3 is 9.47 Å². The number of carbonyl (C=O) groups is 2. The molecule has 0 atom stereocenters. The molecule has 0 saturated heterocycles. The second-order valence-electron chi connectivity index (χ2n) is 6.08. The molecule has 8 heteroatoms. The molecule has 1 aliphatic rings. The van der Waals surface area contributed by atoms with Crippen molar-refractivity contribution in [3.8, 4) is 11.5 Å². The van der Waals surface area contributed by atoms with Crippen LogP contribution in [0, 0.1) is 10.1 Å². The monoisotopic (exact) mass is 388 g/mol. The standard InChI is InChI=1S/C21H12N2O6/c24-20-17-7-6-16(28-21(25)14-4-2-8-22-12-14)11-18(17)29-19(20)10-13-3-1-5-15(9-13)23(26)27/h1-12H/b19-10-. The number of nitro benzene ring substituents is 1. The van der Waals surface area contributed by atoms with Gasteiger partial charge in [-0.2, -0.15) is 0 Å². The number of fused-ring (bicyclic) bond motifs is 1. The largest absolute Gasteiger partial charge is 0.452 e. The summed E-state index contributed by atoms with van der Waals surface area (Å²) >= 11 is 0. The molecule has 8 nitrogen and oxygen atoms in total. The van der Waals surface area contributed by atoms with Gasteiger partial charge in [0.1, 0.15) is 11.5 Å². The number of esters is 1. The molecule has 0 fully saturated rings.